The number of hydrogen-bond donors (Lipinski definition) is 1. The predicted octanol–water partition coefficient (Wildman–Crippen LogP) is 0.319. The van der Waals surface area contributed by atoms with Crippen molar-refractivity contribution in [2.45, 2.75) is 0 Å². The predicted molar refractivity (Wildman–Crippen MR) is 41.3 cm³/mol. The number of H-pyrrole nitrogens is 1. The molecule has 1 N–H and O–H groups in total. The van der Waals surface area contributed by atoms with Crippen molar-refractivity contribution in [3.05, 3.63) is 27.1 Å². The lowest BCUT2D eigenvalue weighted by molar-refractivity contribution is 0.554. The van der Waals surface area contributed by atoms with Crippen molar-refractivity contribution in [2.24, 2.45) is 0 Å². The molecule has 0 aliphatic heterocycles. The van der Waals surface area contributed by atoms with Gasteiger partial charge in [0.1, 0.15) is 10.8 Å². The molecule has 2 aromatic rings. The van der Waals surface area contributed by atoms with E-state index in [1.807, 2.05) is 0 Å². The maximum Gasteiger partial charge on any atom is 0.278 e. The maximum absolute atomic E-state index is 12.7. The van der Waals surface area contributed by atoms with E-state index in [0.29, 0.717) is 0 Å². The van der Waals surface area contributed by atoms with Gasteiger partial charge in [0.2, 0.25) is 5.95 Å². The van der Waals surface area contributed by atoms with Gasteiger partial charge in [-0.3, -0.25) is 4.79 Å². The van der Waals surface area contributed by atoms with Crippen molar-refractivity contribution in [1.82, 2.24) is 19.8 Å². The Morgan fingerprint density at radius 1 is 1.67 bits per heavy atom. The van der Waals surface area contributed by atoms with Crippen molar-refractivity contribution in [3.63, 3.8) is 0 Å². The first kappa shape index (κ1) is 7.41. The van der Waals surface area contributed by atoms with E-state index in [0.717, 1.165) is 11.0 Å². The van der Waals surface area contributed by atoms with Gasteiger partial charge in [-0.05, 0) is 15.9 Å². The summed E-state index contributed by atoms with van der Waals surface area (Å²) in [5.74, 6) is -0.751. The van der Waals surface area contributed by atoms with Crippen molar-refractivity contribution in [1.29, 1.82) is 0 Å². The highest BCUT2D eigenvalue weighted by Gasteiger charge is 2.12. The molecule has 2 rings (SSSR count). The molecule has 2 aromatic heterocycles. The summed E-state index contributed by atoms with van der Waals surface area (Å²) in [6.07, 6.45) is 1.15. The zero-order valence-electron chi connectivity index (χ0n) is 5.58. The second-order valence-electron chi connectivity index (χ2n) is 2.06. The van der Waals surface area contributed by atoms with Crippen LogP contribution in [0, 0.1) is 5.95 Å². The molecule has 0 bridgehead atoms. The normalized spacial score (nSPS) is 10.8. The van der Waals surface area contributed by atoms with Crippen LogP contribution in [0.25, 0.3) is 5.52 Å². The van der Waals surface area contributed by atoms with Crippen molar-refractivity contribution >= 4 is 21.4 Å². The van der Waals surface area contributed by atoms with E-state index in [9.17, 15) is 9.18 Å². The average molecular weight is 233 g/mol. The van der Waals surface area contributed by atoms with E-state index in [-0.39, 0.29) is 9.99 Å². The summed E-state index contributed by atoms with van der Waals surface area (Å²) in [7, 11) is 0. The van der Waals surface area contributed by atoms with E-state index in [1.165, 1.54) is 0 Å². The Morgan fingerprint density at radius 3 is 3.08 bits per heavy atom. The maximum atomic E-state index is 12.7. The number of aromatic amines is 1. The number of fused-ring (bicyclic) bond motifs is 1. The van der Waals surface area contributed by atoms with E-state index in [4.69, 9.17) is 0 Å². The van der Waals surface area contributed by atoms with Crippen LogP contribution in [0.2, 0.25) is 0 Å². The molecular weight excluding hydrogens is 231 g/mol. The summed E-state index contributed by atoms with van der Waals surface area (Å²) >= 11 is 2.88. The average Bonchev–Trinajstić information content (AvgIpc) is 2.29. The van der Waals surface area contributed by atoms with Gasteiger partial charge in [-0.1, -0.05) is 0 Å². The summed E-state index contributed by atoms with van der Waals surface area (Å²) in [6, 6.07) is 0. The summed E-state index contributed by atoms with van der Waals surface area (Å²) in [5, 5.41) is 6.95. The molecule has 0 unspecified atom stereocenters. The third kappa shape index (κ3) is 0.860. The quantitative estimate of drug-likeness (QED) is 0.712. The Kier molecular flexibility index (Phi) is 1.47. The zero-order chi connectivity index (χ0) is 8.72. The van der Waals surface area contributed by atoms with Crippen LogP contribution in [-0.4, -0.2) is 19.8 Å². The molecule has 5 nitrogen and oxygen atoms in total. The first-order chi connectivity index (χ1) is 5.70. The van der Waals surface area contributed by atoms with Crippen LogP contribution in [0.1, 0.15) is 0 Å². The van der Waals surface area contributed by atoms with Crippen LogP contribution in [0.5, 0.6) is 0 Å². The van der Waals surface area contributed by atoms with Crippen LogP contribution in [0.3, 0.4) is 0 Å². The minimum Gasteiger partial charge on any atom is -0.310 e. The summed E-state index contributed by atoms with van der Waals surface area (Å²) in [6.45, 7) is 0. The number of halogens is 2. The zero-order valence-corrected chi connectivity index (χ0v) is 7.17. The van der Waals surface area contributed by atoms with E-state index < -0.39 is 11.5 Å². The molecular formula is C5H2BrFN4O. The van der Waals surface area contributed by atoms with Gasteiger partial charge < -0.3 is 4.98 Å². The number of nitrogens with one attached hydrogen (secondary N) is 1. The molecule has 0 saturated carbocycles. The number of aromatic nitrogens is 4. The highest BCUT2D eigenvalue weighted by molar-refractivity contribution is 9.10. The van der Waals surface area contributed by atoms with Gasteiger partial charge in [0.25, 0.3) is 5.56 Å². The van der Waals surface area contributed by atoms with E-state index >= 15 is 0 Å². The van der Waals surface area contributed by atoms with E-state index in [1.54, 1.807) is 0 Å². The molecule has 0 fully saturated rings. The molecule has 0 amide bonds. The molecule has 7 heteroatoms. The van der Waals surface area contributed by atoms with Crippen molar-refractivity contribution in [3.8, 4) is 0 Å². The lowest BCUT2D eigenvalue weighted by Gasteiger charge is -1.86. The van der Waals surface area contributed by atoms with Crippen molar-refractivity contribution in [2.75, 3.05) is 0 Å². The molecule has 0 radical (unpaired) electrons. The van der Waals surface area contributed by atoms with Gasteiger partial charge in [-0.2, -0.15) is 4.39 Å². The molecule has 0 atom stereocenters. The SMILES string of the molecule is O=c1[nH]cnn2nc(F)c(Br)c12. The first-order valence-corrected chi connectivity index (χ1v) is 3.77. The van der Waals surface area contributed by atoms with Crippen LogP contribution in [0.4, 0.5) is 4.39 Å². The van der Waals surface area contributed by atoms with Gasteiger partial charge in [0, 0.05) is 0 Å². The largest absolute Gasteiger partial charge is 0.310 e. The third-order valence-corrected chi connectivity index (χ3v) is 2.05. The molecule has 0 aliphatic rings. The Hall–Kier alpha value is -1.24. The highest BCUT2D eigenvalue weighted by atomic mass is 79.9. The minimum atomic E-state index is -0.751. The number of nitrogens with zero attached hydrogens (tertiary/aromatic N) is 3. The molecule has 0 aliphatic carbocycles. The van der Waals surface area contributed by atoms with Gasteiger partial charge in [-0.25, -0.2) is 0 Å². The van der Waals surface area contributed by atoms with Gasteiger partial charge in [-0.15, -0.1) is 14.8 Å². The molecule has 62 valence electrons. The van der Waals surface area contributed by atoms with Gasteiger partial charge in [0.05, 0.1) is 0 Å². The number of hydrogen-bond acceptors (Lipinski definition) is 3. The lowest BCUT2D eigenvalue weighted by Crippen LogP contribution is -2.11. The Labute approximate surface area is 73.3 Å². The molecule has 0 aromatic carbocycles. The summed E-state index contributed by atoms with van der Waals surface area (Å²) in [5.41, 5.74) is -0.372. The third-order valence-electron chi connectivity index (χ3n) is 1.35. The summed E-state index contributed by atoms with van der Waals surface area (Å²) < 4.78 is 13.7. The number of rotatable bonds is 0. The first-order valence-electron chi connectivity index (χ1n) is 2.98. The van der Waals surface area contributed by atoms with Crippen LogP contribution < -0.4 is 5.56 Å². The minimum absolute atomic E-state index is 0.0249. The monoisotopic (exact) mass is 232 g/mol. The summed E-state index contributed by atoms with van der Waals surface area (Å²) in [4.78, 5) is 13.4. The topological polar surface area (TPSA) is 63.0 Å². The van der Waals surface area contributed by atoms with Crippen LogP contribution in [0.15, 0.2) is 15.6 Å². The standard InChI is InChI=1S/C5H2BrFN4O/c6-2-3-5(12)8-1-9-11(3)10-4(2)7/h1H,(H,8,9,12). The Morgan fingerprint density at radius 2 is 2.42 bits per heavy atom. The van der Waals surface area contributed by atoms with Crippen LogP contribution >= 0.6 is 15.9 Å². The fraction of sp³-hybridized carbons (Fsp3) is 0. The second-order valence-corrected chi connectivity index (χ2v) is 2.85. The fourth-order valence-electron chi connectivity index (χ4n) is 0.847. The van der Waals surface area contributed by atoms with E-state index in [2.05, 4.69) is 31.1 Å². The molecule has 0 saturated heterocycles. The second kappa shape index (κ2) is 2.37. The van der Waals surface area contributed by atoms with Crippen molar-refractivity contribution < 1.29 is 4.39 Å². The Bertz CT molecular complexity index is 490. The van der Waals surface area contributed by atoms with Gasteiger partial charge in [0.15, 0.2) is 5.52 Å². The molecule has 0 spiro atoms. The molecule has 2 heterocycles. The fourth-order valence-corrected chi connectivity index (χ4v) is 1.27. The van der Waals surface area contributed by atoms with Crippen LogP contribution in [-0.2, 0) is 0 Å². The Balaban J connectivity index is 3.07. The van der Waals surface area contributed by atoms with Gasteiger partial charge >= 0.3 is 0 Å². The smallest absolute Gasteiger partial charge is 0.278 e. The lowest BCUT2D eigenvalue weighted by atomic mass is 10.5. The molecule has 12 heavy (non-hydrogen) atoms. The highest BCUT2D eigenvalue weighted by Crippen LogP contribution is 2.16.